The Bertz CT molecular complexity index is 1220. The van der Waals surface area contributed by atoms with Crippen molar-refractivity contribution in [3.63, 3.8) is 0 Å². The molecule has 2 aromatic carbocycles. The zero-order valence-electron chi connectivity index (χ0n) is 20.7. The molecule has 4 atom stereocenters. The normalized spacial score (nSPS) is 27.1. The van der Waals surface area contributed by atoms with Gasteiger partial charge >= 0.3 is 0 Å². The number of hydrogen-bond donors (Lipinski definition) is 2. The molecule has 3 aliphatic heterocycles. The maximum absolute atomic E-state index is 15.2. The number of piperidine rings is 2. The number of nitrogens with zero attached hydrogens (tertiary/aromatic N) is 2. The number of benzene rings is 2. The summed E-state index contributed by atoms with van der Waals surface area (Å²) in [5.74, 6) is -0.156. The first-order chi connectivity index (χ1) is 17.4. The van der Waals surface area contributed by atoms with E-state index >= 15 is 4.39 Å². The first kappa shape index (κ1) is 23.6. The van der Waals surface area contributed by atoms with Crippen LogP contribution in [0.5, 0.6) is 0 Å². The molecule has 1 spiro atoms. The Labute approximate surface area is 211 Å². The van der Waals surface area contributed by atoms with Crippen LogP contribution in [0.15, 0.2) is 36.4 Å². The van der Waals surface area contributed by atoms with E-state index in [0.29, 0.717) is 24.1 Å². The predicted molar refractivity (Wildman–Crippen MR) is 134 cm³/mol. The predicted octanol–water partition coefficient (Wildman–Crippen LogP) is 3.64. The number of carbonyl (C=O) groups excluding carboxylic acids is 1. The average molecular weight is 489 g/mol. The van der Waals surface area contributed by atoms with Crippen LogP contribution in [-0.4, -0.2) is 49.1 Å². The van der Waals surface area contributed by atoms with Crippen LogP contribution in [0, 0.1) is 23.1 Å². The number of carbonyl (C=O) groups is 1. The van der Waals surface area contributed by atoms with E-state index in [9.17, 15) is 10.1 Å². The third-order valence-electron chi connectivity index (χ3n) is 8.82. The fourth-order valence-electron chi connectivity index (χ4n) is 6.65. The number of hydrogen-bond acceptors (Lipinski definition) is 5. The number of nitriles is 1. The second-order valence-corrected chi connectivity index (χ2v) is 11.1. The highest BCUT2D eigenvalue weighted by molar-refractivity contribution is 5.83. The van der Waals surface area contributed by atoms with E-state index in [-0.39, 0.29) is 29.8 Å². The van der Waals surface area contributed by atoms with Crippen molar-refractivity contribution in [2.75, 3.05) is 20.1 Å². The molecule has 2 aromatic rings. The topological polar surface area (TPSA) is 77.4 Å². The smallest absolute Gasteiger partial charge is 0.238 e. The zero-order valence-corrected chi connectivity index (χ0v) is 20.7. The molecule has 2 saturated heterocycles. The van der Waals surface area contributed by atoms with Gasteiger partial charge in [-0.1, -0.05) is 24.3 Å². The highest BCUT2D eigenvalue weighted by Gasteiger charge is 2.43. The Balaban J connectivity index is 1.17. The molecule has 1 unspecified atom stereocenters. The number of rotatable bonds is 5. The van der Waals surface area contributed by atoms with Crippen LogP contribution in [0.3, 0.4) is 0 Å². The number of fused-ring (bicyclic) bond motifs is 4. The van der Waals surface area contributed by atoms with E-state index in [4.69, 9.17) is 4.74 Å². The summed E-state index contributed by atoms with van der Waals surface area (Å²) >= 11 is 0. The van der Waals surface area contributed by atoms with Gasteiger partial charge in [0.25, 0.3) is 0 Å². The van der Waals surface area contributed by atoms with Gasteiger partial charge in [-0.25, -0.2) is 4.39 Å². The van der Waals surface area contributed by atoms with Crippen LogP contribution in [-0.2, 0) is 28.2 Å². The van der Waals surface area contributed by atoms with E-state index in [1.807, 2.05) is 12.1 Å². The molecule has 2 bridgehead atoms. The summed E-state index contributed by atoms with van der Waals surface area (Å²) in [6.45, 7) is 2.63. The van der Waals surface area contributed by atoms with Crippen molar-refractivity contribution in [1.29, 1.82) is 5.26 Å². The van der Waals surface area contributed by atoms with Gasteiger partial charge in [0.1, 0.15) is 11.9 Å². The molecule has 4 aliphatic rings. The van der Waals surface area contributed by atoms with Gasteiger partial charge < -0.3 is 20.3 Å². The SMILES string of the molecule is CN1CCC2(CC1)OCc1ccc(-c3ccc(C[C@@H](C#N)NC(=O)C4N[C@@H]5CC[C@H]4C5)c(F)c3)cc12. The quantitative estimate of drug-likeness (QED) is 0.672. The first-order valence-electron chi connectivity index (χ1n) is 13.1. The summed E-state index contributed by atoms with van der Waals surface area (Å²) in [5.41, 5.74) is 4.43. The third-order valence-corrected chi connectivity index (χ3v) is 8.82. The molecule has 3 fully saturated rings. The number of nitrogens with one attached hydrogen (secondary N) is 2. The lowest BCUT2D eigenvalue weighted by Crippen LogP contribution is -2.50. The van der Waals surface area contributed by atoms with Crippen molar-refractivity contribution in [3.8, 4) is 17.2 Å². The van der Waals surface area contributed by atoms with Crippen molar-refractivity contribution in [1.82, 2.24) is 15.5 Å². The summed E-state index contributed by atoms with van der Waals surface area (Å²) in [4.78, 5) is 15.1. The summed E-state index contributed by atoms with van der Waals surface area (Å²) < 4.78 is 21.5. The van der Waals surface area contributed by atoms with Gasteiger partial charge in [-0.05, 0) is 85.0 Å². The standard InChI is InChI=1S/C29H33FN4O2/c1-34-10-8-29(9-11-34)25-14-18(3-5-22(25)17-36-29)19-2-4-20(26(30)15-19)12-24(16-31)33-28(35)27-21-6-7-23(13-21)32-27/h2-5,14-15,21,23-24,27,32H,6-13,17H2,1H3,(H,33,35)/t21-,23+,24-,27?/m0/s1. The Morgan fingerprint density at radius 3 is 2.72 bits per heavy atom. The minimum Gasteiger partial charge on any atom is -0.365 e. The summed E-state index contributed by atoms with van der Waals surface area (Å²) in [6.07, 6.45) is 5.26. The van der Waals surface area contributed by atoms with Crippen molar-refractivity contribution in [2.45, 2.75) is 68.9 Å². The number of amides is 1. The van der Waals surface area contributed by atoms with E-state index < -0.39 is 6.04 Å². The molecule has 6 nitrogen and oxygen atoms in total. The summed E-state index contributed by atoms with van der Waals surface area (Å²) in [5, 5.41) is 15.8. The van der Waals surface area contributed by atoms with Gasteiger partial charge in [0.2, 0.25) is 5.91 Å². The van der Waals surface area contributed by atoms with Crippen LogP contribution >= 0.6 is 0 Å². The maximum atomic E-state index is 15.2. The lowest BCUT2D eigenvalue weighted by Gasteiger charge is -2.37. The minimum absolute atomic E-state index is 0.143. The Kier molecular flexibility index (Phi) is 6.07. The van der Waals surface area contributed by atoms with Crippen molar-refractivity contribution in [2.24, 2.45) is 5.92 Å². The second kappa shape index (κ2) is 9.26. The monoisotopic (exact) mass is 488 g/mol. The molecule has 1 amide bonds. The molecule has 1 aliphatic carbocycles. The Morgan fingerprint density at radius 1 is 1.25 bits per heavy atom. The highest BCUT2D eigenvalue weighted by Crippen LogP contribution is 2.45. The fraction of sp³-hybridized carbons (Fsp3) is 0.517. The van der Waals surface area contributed by atoms with Crippen LogP contribution in [0.2, 0.25) is 0 Å². The number of likely N-dealkylation sites (tertiary alicyclic amines) is 1. The summed E-state index contributed by atoms with van der Waals surface area (Å²) in [7, 11) is 2.14. The second-order valence-electron chi connectivity index (χ2n) is 11.1. The Hall–Kier alpha value is -2.79. The molecular weight excluding hydrogens is 455 g/mol. The van der Waals surface area contributed by atoms with E-state index in [1.54, 1.807) is 12.1 Å². The highest BCUT2D eigenvalue weighted by atomic mass is 19.1. The number of ether oxygens (including phenoxy) is 1. The van der Waals surface area contributed by atoms with Crippen LogP contribution in [0.25, 0.3) is 11.1 Å². The van der Waals surface area contributed by atoms with Gasteiger partial charge in [-0.15, -0.1) is 0 Å². The molecule has 188 valence electrons. The minimum atomic E-state index is -0.764. The molecule has 1 saturated carbocycles. The molecule has 0 radical (unpaired) electrons. The molecule has 7 heteroatoms. The molecule has 36 heavy (non-hydrogen) atoms. The van der Waals surface area contributed by atoms with Gasteiger partial charge in [0, 0.05) is 25.6 Å². The third kappa shape index (κ3) is 4.21. The average Bonchev–Trinajstić information content (AvgIpc) is 3.62. The summed E-state index contributed by atoms with van der Waals surface area (Å²) in [6, 6.07) is 13.1. The van der Waals surface area contributed by atoms with Gasteiger partial charge in [-0.3, -0.25) is 4.79 Å². The van der Waals surface area contributed by atoms with Crippen LogP contribution in [0.4, 0.5) is 4.39 Å². The van der Waals surface area contributed by atoms with Crippen molar-refractivity contribution < 1.29 is 13.9 Å². The van der Waals surface area contributed by atoms with E-state index in [2.05, 4.69) is 40.8 Å². The van der Waals surface area contributed by atoms with Gasteiger partial charge in [0.15, 0.2) is 0 Å². The van der Waals surface area contributed by atoms with E-state index in [0.717, 1.165) is 56.3 Å². The molecule has 2 N–H and O–H groups in total. The van der Waals surface area contributed by atoms with Crippen LogP contribution < -0.4 is 10.6 Å². The zero-order chi connectivity index (χ0) is 24.9. The van der Waals surface area contributed by atoms with Crippen LogP contribution in [0.1, 0.15) is 48.8 Å². The Morgan fingerprint density at radius 2 is 2.03 bits per heavy atom. The molecular formula is C29H33FN4O2. The van der Waals surface area contributed by atoms with Gasteiger partial charge in [-0.2, -0.15) is 5.26 Å². The maximum Gasteiger partial charge on any atom is 0.238 e. The van der Waals surface area contributed by atoms with Crippen molar-refractivity contribution >= 4 is 5.91 Å². The number of halogens is 1. The van der Waals surface area contributed by atoms with E-state index in [1.165, 1.54) is 11.1 Å². The fourth-order valence-corrected chi connectivity index (χ4v) is 6.65. The largest absolute Gasteiger partial charge is 0.365 e. The lowest BCUT2D eigenvalue weighted by atomic mass is 9.82. The molecule has 6 rings (SSSR count). The molecule has 3 heterocycles. The first-order valence-corrected chi connectivity index (χ1v) is 13.1. The molecule has 0 aromatic heterocycles. The lowest BCUT2D eigenvalue weighted by molar-refractivity contribution is -0.124. The van der Waals surface area contributed by atoms with Crippen molar-refractivity contribution in [3.05, 3.63) is 58.9 Å². The van der Waals surface area contributed by atoms with Gasteiger partial charge in [0.05, 0.1) is 24.3 Å².